The van der Waals surface area contributed by atoms with Gasteiger partial charge in [0.15, 0.2) is 0 Å². The van der Waals surface area contributed by atoms with E-state index >= 15 is 0 Å². The number of carbonyl (C=O) groups excluding carboxylic acids is 1. The lowest BCUT2D eigenvalue weighted by Gasteiger charge is -2.17. The summed E-state index contributed by atoms with van der Waals surface area (Å²) in [6.45, 7) is 3.63. The standard InChI is InChI=1S/C14H18F3N3O3/c1-3-23-11(21)7-5-4-6-9(2)19-10-8-18-20-13(22)12(10)14(15,16)17/h5,7-9H,3-4,6H2,1-2H3,(H2,19,20,22)/b7-5+/t9-/m0/s1. The summed E-state index contributed by atoms with van der Waals surface area (Å²) in [5.41, 5.74) is -2.97. The fourth-order valence-electron chi connectivity index (χ4n) is 1.84. The molecule has 0 aliphatic heterocycles. The summed E-state index contributed by atoms with van der Waals surface area (Å²) >= 11 is 0. The van der Waals surface area contributed by atoms with E-state index in [-0.39, 0.29) is 18.3 Å². The highest BCUT2D eigenvalue weighted by molar-refractivity contribution is 5.81. The number of esters is 1. The summed E-state index contributed by atoms with van der Waals surface area (Å²) in [4.78, 5) is 22.4. The zero-order valence-corrected chi connectivity index (χ0v) is 12.7. The maximum Gasteiger partial charge on any atom is 0.423 e. The Morgan fingerprint density at radius 2 is 2.22 bits per heavy atom. The van der Waals surface area contributed by atoms with Gasteiger partial charge in [0.05, 0.1) is 18.5 Å². The summed E-state index contributed by atoms with van der Waals surface area (Å²) in [5, 5.41) is 7.76. The molecule has 1 heterocycles. The van der Waals surface area contributed by atoms with Crippen molar-refractivity contribution in [2.24, 2.45) is 0 Å². The predicted octanol–water partition coefficient (Wildman–Crippen LogP) is 2.49. The minimum atomic E-state index is -4.78. The molecule has 1 rings (SSSR count). The molecule has 1 aromatic rings. The third kappa shape index (κ3) is 6.13. The van der Waals surface area contributed by atoms with Crippen molar-refractivity contribution in [1.29, 1.82) is 0 Å². The van der Waals surface area contributed by atoms with Gasteiger partial charge in [-0.05, 0) is 26.7 Å². The molecule has 0 aliphatic rings. The highest BCUT2D eigenvalue weighted by atomic mass is 19.4. The first-order valence-electron chi connectivity index (χ1n) is 7.00. The lowest BCUT2D eigenvalue weighted by molar-refractivity contribution is -0.138. The van der Waals surface area contributed by atoms with Gasteiger partial charge in [-0.15, -0.1) is 0 Å². The van der Waals surface area contributed by atoms with E-state index in [9.17, 15) is 22.8 Å². The quantitative estimate of drug-likeness (QED) is 0.592. The average Bonchev–Trinajstić information content (AvgIpc) is 2.42. The van der Waals surface area contributed by atoms with E-state index < -0.39 is 23.3 Å². The molecular formula is C14H18F3N3O3. The van der Waals surface area contributed by atoms with E-state index in [1.807, 2.05) is 0 Å². The van der Waals surface area contributed by atoms with Gasteiger partial charge in [0.25, 0.3) is 5.56 Å². The van der Waals surface area contributed by atoms with Crippen molar-refractivity contribution < 1.29 is 22.7 Å². The number of aromatic amines is 1. The molecule has 128 valence electrons. The van der Waals surface area contributed by atoms with Gasteiger partial charge in [0.2, 0.25) is 0 Å². The normalized spacial score (nSPS) is 13.1. The van der Waals surface area contributed by atoms with Crippen molar-refractivity contribution in [2.75, 3.05) is 11.9 Å². The highest BCUT2D eigenvalue weighted by Gasteiger charge is 2.37. The number of halogens is 3. The molecule has 0 unspecified atom stereocenters. The van der Waals surface area contributed by atoms with Crippen molar-refractivity contribution >= 4 is 11.7 Å². The van der Waals surface area contributed by atoms with Crippen LogP contribution in [0.3, 0.4) is 0 Å². The maximum absolute atomic E-state index is 12.9. The van der Waals surface area contributed by atoms with Crippen molar-refractivity contribution in [3.8, 4) is 0 Å². The molecule has 1 atom stereocenters. The molecule has 0 fully saturated rings. The molecule has 6 nitrogen and oxygen atoms in total. The Morgan fingerprint density at radius 1 is 1.52 bits per heavy atom. The Balaban J connectivity index is 2.65. The molecule has 0 amide bonds. The van der Waals surface area contributed by atoms with Gasteiger partial charge in [-0.25, -0.2) is 9.89 Å². The molecule has 23 heavy (non-hydrogen) atoms. The van der Waals surface area contributed by atoms with Gasteiger partial charge >= 0.3 is 12.1 Å². The van der Waals surface area contributed by atoms with E-state index in [0.717, 1.165) is 6.20 Å². The highest BCUT2D eigenvalue weighted by Crippen LogP contribution is 2.31. The molecule has 0 aromatic carbocycles. The summed E-state index contributed by atoms with van der Waals surface area (Å²) in [6, 6.07) is -0.355. The number of aromatic nitrogens is 2. The Morgan fingerprint density at radius 3 is 2.83 bits per heavy atom. The molecule has 0 aliphatic carbocycles. The van der Waals surface area contributed by atoms with Crippen LogP contribution in [0.4, 0.5) is 18.9 Å². The van der Waals surface area contributed by atoms with E-state index in [0.29, 0.717) is 12.8 Å². The van der Waals surface area contributed by atoms with Crippen LogP contribution >= 0.6 is 0 Å². The fourth-order valence-corrected chi connectivity index (χ4v) is 1.84. The predicted molar refractivity (Wildman–Crippen MR) is 78.0 cm³/mol. The molecule has 1 aromatic heterocycles. The number of anilines is 1. The van der Waals surface area contributed by atoms with Crippen LogP contribution in [-0.2, 0) is 15.7 Å². The van der Waals surface area contributed by atoms with Crippen LogP contribution in [0.25, 0.3) is 0 Å². The van der Waals surface area contributed by atoms with Crippen LogP contribution in [0.2, 0.25) is 0 Å². The average molecular weight is 333 g/mol. The van der Waals surface area contributed by atoms with Crippen LogP contribution < -0.4 is 10.9 Å². The Kier molecular flexibility index (Phi) is 6.80. The molecule has 0 saturated heterocycles. The number of allylic oxidation sites excluding steroid dienone is 1. The van der Waals surface area contributed by atoms with Gasteiger partial charge in [-0.2, -0.15) is 18.3 Å². The number of carbonyl (C=O) groups is 1. The minimum absolute atomic E-state index is 0.275. The van der Waals surface area contributed by atoms with Gasteiger partial charge in [0, 0.05) is 12.1 Å². The smallest absolute Gasteiger partial charge is 0.423 e. The van der Waals surface area contributed by atoms with E-state index in [1.165, 1.54) is 6.08 Å². The molecule has 0 radical (unpaired) electrons. The number of nitrogens with one attached hydrogen (secondary N) is 2. The molecule has 0 saturated carbocycles. The number of ether oxygens (including phenoxy) is 1. The zero-order chi connectivity index (χ0) is 17.5. The third-order valence-corrected chi connectivity index (χ3v) is 2.85. The number of H-pyrrole nitrogens is 1. The van der Waals surface area contributed by atoms with E-state index in [4.69, 9.17) is 4.74 Å². The fraction of sp³-hybridized carbons (Fsp3) is 0.500. The first-order valence-corrected chi connectivity index (χ1v) is 7.00. The first-order chi connectivity index (χ1) is 10.8. The number of alkyl halides is 3. The minimum Gasteiger partial charge on any atom is -0.463 e. The monoisotopic (exact) mass is 333 g/mol. The Bertz CT molecular complexity index is 611. The van der Waals surface area contributed by atoms with Crippen molar-refractivity contribution in [3.05, 3.63) is 34.3 Å². The summed E-state index contributed by atoms with van der Waals surface area (Å²) in [5.74, 6) is -0.466. The van der Waals surface area contributed by atoms with E-state index in [1.54, 1.807) is 25.0 Å². The van der Waals surface area contributed by atoms with Crippen LogP contribution in [0.1, 0.15) is 32.3 Å². The first kappa shape index (κ1) is 18.7. The van der Waals surface area contributed by atoms with Crippen molar-refractivity contribution in [2.45, 2.75) is 38.9 Å². The summed E-state index contributed by atoms with van der Waals surface area (Å²) < 4.78 is 43.3. The van der Waals surface area contributed by atoms with Crippen LogP contribution in [0, 0.1) is 0 Å². The Hall–Kier alpha value is -2.32. The van der Waals surface area contributed by atoms with Crippen molar-refractivity contribution in [1.82, 2.24) is 10.2 Å². The molecule has 0 bridgehead atoms. The molecular weight excluding hydrogens is 315 g/mol. The lowest BCUT2D eigenvalue weighted by Crippen LogP contribution is -2.27. The van der Waals surface area contributed by atoms with Crippen LogP contribution in [-0.4, -0.2) is 28.8 Å². The number of rotatable bonds is 7. The molecule has 0 spiro atoms. The number of nitrogens with zero attached hydrogens (tertiary/aromatic N) is 1. The number of hydrogen-bond donors (Lipinski definition) is 2. The van der Waals surface area contributed by atoms with Crippen molar-refractivity contribution in [3.63, 3.8) is 0 Å². The van der Waals surface area contributed by atoms with Gasteiger partial charge in [-0.1, -0.05) is 6.08 Å². The molecule has 9 heteroatoms. The van der Waals surface area contributed by atoms with Crippen LogP contribution in [0.5, 0.6) is 0 Å². The zero-order valence-electron chi connectivity index (χ0n) is 12.7. The second kappa shape index (κ2) is 8.35. The SMILES string of the molecule is CCOC(=O)/C=C/CC[C@H](C)Nc1cn[nH]c(=O)c1C(F)(F)F. The second-order valence-electron chi connectivity index (χ2n) is 4.76. The maximum atomic E-state index is 12.9. The largest absolute Gasteiger partial charge is 0.463 e. The third-order valence-electron chi connectivity index (χ3n) is 2.85. The lowest BCUT2D eigenvalue weighted by atomic mass is 10.1. The second-order valence-corrected chi connectivity index (χ2v) is 4.76. The van der Waals surface area contributed by atoms with Gasteiger partial charge in [0.1, 0.15) is 5.56 Å². The topological polar surface area (TPSA) is 84.1 Å². The summed E-state index contributed by atoms with van der Waals surface area (Å²) in [7, 11) is 0. The molecule has 2 N–H and O–H groups in total. The van der Waals surface area contributed by atoms with E-state index in [2.05, 4.69) is 10.4 Å². The Labute approximate surface area is 130 Å². The summed E-state index contributed by atoms with van der Waals surface area (Å²) in [6.07, 6.45) is -0.0778. The van der Waals surface area contributed by atoms with Gasteiger partial charge in [-0.3, -0.25) is 4.79 Å². The number of hydrogen-bond acceptors (Lipinski definition) is 5. The van der Waals surface area contributed by atoms with Crippen LogP contribution in [0.15, 0.2) is 23.1 Å². The van der Waals surface area contributed by atoms with Gasteiger partial charge < -0.3 is 10.1 Å².